The second-order valence-electron chi connectivity index (χ2n) is 4.87. The molecule has 0 radical (unpaired) electrons. The van der Waals surface area contributed by atoms with Crippen molar-refractivity contribution in [2.45, 2.75) is 18.9 Å². The number of rotatable bonds is 2. The molecule has 2 aromatic rings. The minimum absolute atomic E-state index is 0.109. The molecule has 0 fully saturated rings. The lowest BCUT2D eigenvalue weighted by Gasteiger charge is -2.11. The van der Waals surface area contributed by atoms with E-state index in [1.54, 1.807) is 6.07 Å². The highest BCUT2D eigenvalue weighted by Gasteiger charge is 2.22. The molecule has 98 valence electrons. The molecule has 1 aliphatic carbocycles. The number of hydrogen-bond donors (Lipinski definition) is 1. The highest BCUT2D eigenvalue weighted by atomic mass is 19.1. The fourth-order valence-electron chi connectivity index (χ4n) is 2.79. The van der Waals surface area contributed by atoms with Crippen LogP contribution in [0.1, 0.15) is 23.6 Å². The van der Waals surface area contributed by atoms with Gasteiger partial charge in [-0.25, -0.2) is 4.39 Å². The van der Waals surface area contributed by atoms with Gasteiger partial charge in [0.1, 0.15) is 0 Å². The van der Waals surface area contributed by atoms with E-state index in [1.165, 1.54) is 24.3 Å². The van der Waals surface area contributed by atoms with Crippen LogP contribution in [0.15, 0.2) is 36.4 Å². The fraction of sp³-hybridized carbons (Fsp3) is 0.250. The van der Waals surface area contributed by atoms with E-state index in [2.05, 4.69) is 6.07 Å². The van der Waals surface area contributed by atoms with Crippen LogP contribution in [-0.2, 0) is 6.42 Å². The first-order chi connectivity index (χ1) is 9.20. The summed E-state index contributed by atoms with van der Waals surface area (Å²) in [6.07, 6.45) is 1.92. The number of ether oxygens (including phenoxy) is 1. The lowest BCUT2D eigenvalue weighted by Crippen LogP contribution is -2.04. The van der Waals surface area contributed by atoms with Crippen LogP contribution in [0.4, 0.5) is 4.39 Å². The van der Waals surface area contributed by atoms with E-state index in [1.807, 2.05) is 18.2 Å². The zero-order valence-electron chi connectivity index (χ0n) is 10.8. The summed E-state index contributed by atoms with van der Waals surface area (Å²) in [6.45, 7) is 0. The third kappa shape index (κ3) is 2.00. The Morgan fingerprint density at radius 1 is 1.26 bits per heavy atom. The zero-order valence-corrected chi connectivity index (χ0v) is 10.8. The van der Waals surface area contributed by atoms with Crippen molar-refractivity contribution < 1.29 is 9.13 Å². The second-order valence-corrected chi connectivity index (χ2v) is 4.87. The Kier molecular flexibility index (Phi) is 2.99. The van der Waals surface area contributed by atoms with Gasteiger partial charge in [-0.15, -0.1) is 0 Å². The number of benzene rings is 2. The average molecular weight is 257 g/mol. The zero-order chi connectivity index (χ0) is 13.4. The molecule has 0 saturated heterocycles. The minimum atomic E-state index is -0.333. The highest BCUT2D eigenvalue weighted by Crippen LogP contribution is 2.37. The van der Waals surface area contributed by atoms with Gasteiger partial charge in [0.2, 0.25) is 0 Å². The first-order valence-electron chi connectivity index (χ1n) is 6.42. The van der Waals surface area contributed by atoms with E-state index in [0.29, 0.717) is 0 Å². The molecule has 1 aliphatic rings. The van der Waals surface area contributed by atoms with Gasteiger partial charge >= 0.3 is 0 Å². The van der Waals surface area contributed by atoms with Gasteiger partial charge in [-0.2, -0.15) is 0 Å². The molecule has 0 saturated carbocycles. The van der Waals surface area contributed by atoms with E-state index < -0.39 is 0 Å². The smallest absolute Gasteiger partial charge is 0.165 e. The number of halogens is 1. The first kappa shape index (κ1) is 12.2. The molecular weight excluding hydrogens is 241 g/mol. The Bertz CT molecular complexity index is 624. The quantitative estimate of drug-likeness (QED) is 0.894. The monoisotopic (exact) mass is 257 g/mol. The van der Waals surface area contributed by atoms with Crippen LogP contribution in [0, 0.1) is 5.82 Å². The Hall–Kier alpha value is -1.87. The Morgan fingerprint density at radius 2 is 2.11 bits per heavy atom. The fourth-order valence-corrected chi connectivity index (χ4v) is 2.79. The molecule has 0 spiro atoms. The molecule has 0 aromatic heterocycles. The van der Waals surface area contributed by atoms with Crippen molar-refractivity contribution in [2.24, 2.45) is 5.73 Å². The summed E-state index contributed by atoms with van der Waals surface area (Å²) in [5.41, 5.74) is 10.5. The van der Waals surface area contributed by atoms with Crippen molar-refractivity contribution in [3.05, 3.63) is 53.3 Å². The van der Waals surface area contributed by atoms with Crippen molar-refractivity contribution in [1.82, 2.24) is 0 Å². The maximum atomic E-state index is 13.8. The van der Waals surface area contributed by atoms with Gasteiger partial charge in [-0.1, -0.05) is 24.3 Å². The summed E-state index contributed by atoms with van der Waals surface area (Å²) in [5, 5.41) is 0. The van der Waals surface area contributed by atoms with E-state index in [0.717, 1.165) is 24.0 Å². The molecule has 2 nitrogen and oxygen atoms in total. The Balaban J connectivity index is 2.11. The molecule has 3 rings (SSSR count). The van der Waals surface area contributed by atoms with Crippen LogP contribution in [0.25, 0.3) is 11.1 Å². The normalized spacial score (nSPS) is 17.3. The van der Waals surface area contributed by atoms with Gasteiger partial charge in [0.15, 0.2) is 11.6 Å². The van der Waals surface area contributed by atoms with Crippen LogP contribution in [-0.4, -0.2) is 7.11 Å². The number of nitrogens with two attached hydrogens (primary N) is 1. The van der Waals surface area contributed by atoms with Crippen molar-refractivity contribution >= 4 is 0 Å². The van der Waals surface area contributed by atoms with Crippen molar-refractivity contribution in [3.63, 3.8) is 0 Å². The Labute approximate surface area is 112 Å². The molecule has 0 bridgehead atoms. The van der Waals surface area contributed by atoms with Gasteiger partial charge in [-0.05, 0) is 47.2 Å². The maximum Gasteiger partial charge on any atom is 0.165 e. The predicted molar refractivity (Wildman–Crippen MR) is 73.6 cm³/mol. The van der Waals surface area contributed by atoms with Crippen LogP contribution in [0.3, 0.4) is 0 Å². The van der Waals surface area contributed by atoms with Gasteiger partial charge in [0.25, 0.3) is 0 Å². The van der Waals surface area contributed by atoms with Gasteiger partial charge in [0, 0.05) is 6.04 Å². The summed E-state index contributed by atoms with van der Waals surface area (Å²) in [6, 6.07) is 11.3. The first-order valence-corrected chi connectivity index (χ1v) is 6.42. The molecule has 0 heterocycles. The molecule has 19 heavy (non-hydrogen) atoms. The number of fused-ring (bicyclic) bond motifs is 1. The third-order valence-electron chi connectivity index (χ3n) is 3.78. The van der Waals surface area contributed by atoms with E-state index in [-0.39, 0.29) is 17.6 Å². The summed E-state index contributed by atoms with van der Waals surface area (Å²) in [7, 11) is 1.47. The van der Waals surface area contributed by atoms with E-state index >= 15 is 0 Å². The Morgan fingerprint density at radius 3 is 2.84 bits per heavy atom. The molecule has 3 heteroatoms. The lowest BCUT2D eigenvalue weighted by atomic mass is 9.96. The molecule has 0 unspecified atom stereocenters. The third-order valence-corrected chi connectivity index (χ3v) is 3.78. The molecule has 0 amide bonds. The molecule has 0 aliphatic heterocycles. The summed E-state index contributed by atoms with van der Waals surface area (Å²) in [5.74, 6) is -0.0621. The van der Waals surface area contributed by atoms with Crippen molar-refractivity contribution in [1.29, 1.82) is 0 Å². The summed E-state index contributed by atoms with van der Waals surface area (Å²) < 4.78 is 18.8. The second kappa shape index (κ2) is 4.67. The molecule has 1 atom stereocenters. The van der Waals surface area contributed by atoms with Crippen molar-refractivity contribution in [2.75, 3.05) is 7.11 Å². The molecular formula is C16H16FNO. The SMILES string of the molecule is COc1ccc(-c2cccc3c2CC[C@H]3N)cc1F. The standard InChI is InChI=1S/C16H16FNO/c1-19-16-8-5-10(9-14(16)17)11-3-2-4-13-12(11)6-7-15(13)18/h2-5,8-9,15H,6-7,18H2,1H3/t15-/m1/s1. The van der Waals surface area contributed by atoms with Crippen LogP contribution in [0.5, 0.6) is 5.75 Å². The maximum absolute atomic E-state index is 13.8. The highest BCUT2D eigenvalue weighted by molar-refractivity contribution is 5.70. The van der Waals surface area contributed by atoms with E-state index in [9.17, 15) is 4.39 Å². The van der Waals surface area contributed by atoms with Crippen LogP contribution < -0.4 is 10.5 Å². The number of methoxy groups -OCH3 is 1. The minimum Gasteiger partial charge on any atom is -0.494 e. The topological polar surface area (TPSA) is 35.2 Å². The molecule has 2 N–H and O–H groups in total. The van der Waals surface area contributed by atoms with Crippen LogP contribution in [0.2, 0.25) is 0 Å². The average Bonchev–Trinajstić information content (AvgIpc) is 2.80. The molecule has 2 aromatic carbocycles. The van der Waals surface area contributed by atoms with E-state index in [4.69, 9.17) is 10.5 Å². The van der Waals surface area contributed by atoms with Gasteiger partial charge in [0.05, 0.1) is 7.11 Å². The van der Waals surface area contributed by atoms with Gasteiger partial charge in [-0.3, -0.25) is 0 Å². The largest absolute Gasteiger partial charge is 0.494 e. The van der Waals surface area contributed by atoms with Crippen molar-refractivity contribution in [3.8, 4) is 16.9 Å². The number of hydrogen-bond acceptors (Lipinski definition) is 2. The summed E-state index contributed by atoms with van der Waals surface area (Å²) >= 11 is 0. The lowest BCUT2D eigenvalue weighted by molar-refractivity contribution is 0.386. The summed E-state index contributed by atoms with van der Waals surface area (Å²) in [4.78, 5) is 0. The van der Waals surface area contributed by atoms with Crippen LogP contribution >= 0.6 is 0 Å². The van der Waals surface area contributed by atoms with Gasteiger partial charge < -0.3 is 10.5 Å². The predicted octanol–water partition coefficient (Wildman–Crippen LogP) is 3.45.